The molecule has 0 radical (unpaired) electrons. The van der Waals surface area contributed by atoms with Crippen LogP contribution in [0.15, 0.2) is 84.0 Å². The van der Waals surface area contributed by atoms with E-state index in [2.05, 4.69) is 4.99 Å². The molecule has 0 aliphatic carbocycles. The van der Waals surface area contributed by atoms with Gasteiger partial charge in [0.15, 0.2) is 5.49 Å². The van der Waals surface area contributed by atoms with E-state index < -0.39 is 5.97 Å². The molecule has 1 aromatic heterocycles. The van der Waals surface area contributed by atoms with E-state index in [1.807, 2.05) is 65.6 Å². The number of aromatic nitrogens is 1. The molecule has 0 fully saturated rings. The molecular weight excluding hydrogens is 382 g/mol. The highest BCUT2D eigenvalue weighted by molar-refractivity contribution is 5.73. The maximum atomic E-state index is 11.2. The van der Waals surface area contributed by atoms with Crippen LogP contribution in [0.5, 0.6) is 5.75 Å². The molecule has 30 heavy (non-hydrogen) atoms. The average Bonchev–Trinajstić information content (AvgIpc) is 2.76. The maximum absolute atomic E-state index is 11.2. The SMILES string of the molecule is O=C(O)CN(Cc1ccc(OCCCN=c2ccccn2O)cc1)c1ccccc1. The first kappa shape index (κ1) is 21.0. The molecule has 2 aromatic carbocycles. The smallest absolute Gasteiger partial charge is 0.323 e. The van der Waals surface area contributed by atoms with Gasteiger partial charge in [0, 0.05) is 31.4 Å². The minimum absolute atomic E-state index is 0.0684. The van der Waals surface area contributed by atoms with Crippen LogP contribution in [0.25, 0.3) is 0 Å². The summed E-state index contributed by atoms with van der Waals surface area (Å²) in [7, 11) is 0. The molecule has 0 spiro atoms. The summed E-state index contributed by atoms with van der Waals surface area (Å²) in [5.41, 5.74) is 2.37. The number of hydrogen-bond donors (Lipinski definition) is 2. The van der Waals surface area contributed by atoms with Gasteiger partial charge in [0.25, 0.3) is 0 Å². The number of carbonyl (C=O) groups is 1. The van der Waals surface area contributed by atoms with E-state index in [1.165, 1.54) is 6.20 Å². The molecule has 3 rings (SSSR count). The van der Waals surface area contributed by atoms with E-state index in [-0.39, 0.29) is 6.54 Å². The summed E-state index contributed by atoms with van der Waals surface area (Å²) in [6.07, 6.45) is 2.25. The first-order chi connectivity index (χ1) is 14.6. The van der Waals surface area contributed by atoms with E-state index in [1.54, 1.807) is 12.1 Å². The predicted molar refractivity (Wildman–Crippen MR) is 114 cm³/mol. The summed E-state index contributed by atoms with van der Waals surface area (Å²) < 4.78 is 6.74. The molecule has 3 aromatic rings. The Labute approximate surface area is 175 Å². The molecule has 7 heteroatoms. The number of para-hydroxylation sites is 1. The molecule has 0 unspecified atom stereocenters. The van der Waals surface area contributed by atoms with Crippen LogP contribution in [0.3, 0.4) is 0 Å². The minimum atomic E-state index is -0.869. The van der Waals surface area contributed by atoms with Gasteiger partial charge in [-0.25, -0.2) is 0 Å². The molecular formula is C23H25N3O4. The lowest BCUT2D eigenvalue weighted by molar-refractivity contribution is -0.135. The highest BCUT2D eigenvalue weighted by Crippen LogP contribution is 2.19. The number of pyridine rings is 1. The summed E-state index contributed by atoms with van der Waals surface area (Å²) >= 11 is 0. The van der Waals surface area contributed by atoms with Crippen molar-refractivity contribution in [3.8, 4) is 5.75 Å². The van der Waals surface area contributed by atoms with Crippen molar-refractivity contribution >= 4 is 11.7 Å². The Balaban J connectivity index is 1.51. The van der Waals surface area contributed by atoms with E-state index in [0.29, 0.717) is 25.2 Å². The first-order valence-corrected chi connectivity index (χ1v) is 9.73. The predicted octanol–water partition coefficient (Wildman–Crippen LogP) is 3.19. The summed E-state index contributed by atoms with van der Waals surface area (Å²) in [5.74, 6) is -0.119. The average molecular weight is 407 g/mol. The zero-order valence-corrected chi connectivity index (χ0v) is 16.6. The van der Waals surface area contributed by atoms with Gasteiger partial charge in [0.1, 0.15) is 12.3 Å². The zero-order valence-electron chi connectivity index (χ0n) is 16.6. The van der Waals surface area contributed by atoms with Crippen molar-refractivity contribution in [2.45, 2.75) is 13.0 Å². The van der Waals surface area contributed by atoms with E-state index in [9.17, 15) is 15.1 Å². The number of anilines is 1. The first-order valence-electron chi connectivity index (χ1n) is 9.73. The molecule has 0 aliphatic heterocycles. The summed E-state index contributed by atoms with van der Waals surface area (Å²) in [4.78, 5) is 17.4. The van der Waals surface area contributed by atoms with E-state index in [4.69, 9.17) is 4.74 Å². The lowest BCUT2D eigenvalue weighted by atomic mass is 10.2. The quantitative estimate of drug-likeness (QED) is 0.398. The number of hydrogen-bond acceptors (Lipinski definition) is 5. The van der Waals surface area contributed by atoms with Crippen molar-refractivity contribution in [1.29, 1.82) is 0 Å². The zero-order chi connectivity index (χ0) is 21.2. The van der Waals surface area contributed by atoms with Crippen LogP contribution in [-0.4, -0.2) is 40.7 Å². The Kier molecular flexibility index (Phi) is 7.49. The Morgan fingerprint density at radius 3 is 2.43 bits per heavy atom. The number of benzene rings is 2. The molecule has 0 bridgehead atoms. The summed E-state index contributed by atoms with van der Waals surface area (Å²) in [6.45, 7) is 1.48. The molecule has 2 N–H and O–H groups in total. The minimum Gasteiger partial charge on any atom is -0.494 e. The van der Waals surface area contributed by atoms with Crippen LogP contribution in [0, 0.1) is 0 Å². The van der Waals surface area contributed by atoms with Crippen molar-refractivity contribution in [1.82, 2.24) is 4.73 Å². The third-order valence-corrected chi connectivity index (χ3v) is 4.41. The Morgan fingerprint density at radius 2 is 1.73 bits per heavy atom. The normalized spacial score (nSPS) is 11.3. The Morgan fingerprint density at radius 1 is 1.00 bits per heavy atom. The molecule has 0 atom stereocenters. The fourth-order valence-electron chi connectivity index (χ4n) is 2.95. The maximum Gasteiger partial charge on any atom is 0.323 e. The lowest BCUT2D eigenvalue weighted by Gasteiger charge is -2.23. The third kappa shape index (κ3) is 6.41. The van der Waals surface area contributed by atoms with Gasteiger partial charge in [-0.3, -0.25) is 9.79 Å². The largest absolute Gasteiger partial charge is 0.494 e. The second kappa shape index (κ2) is 10.7. The molecule has 1 heterocycles. The topological polar surface area (TPSA) is 87.3 Å². The van der Waals surface area contributed by atoms with Crippen molar-refractivity contribution in [2.75, 3.05) is 24.6 Å². The van der Waals surface area contributed by atoms with Gasteiger partial charge < -0.3 is 20.0 Å². The van der Waals surface area contributed by atoms with Crippen molar-refractivity contribution in [3.63, 3.8) is 0 Å². The second-order valence-electron chi connectivity index (χ2n) is 6.72. The standard InChI is InChI=1S/C23H25N3O4/c27-23(28)18-25(20-7-2-1-3-8-20)17-19-10-12-21(13-11-19)30-16-6-14-24-22-9-4-5-15-26(22)29/h1-5,7-13,15,29H,6,14,16-18H2,(H,27,28). The number of nitrogens with zero attached hydrogens (tertiary/aromatic N) is 3. The lowest BCUT2D eigenvalue weighted by Crippen LogP contribution is -2.29. The molecule has 156 valence electrons. The highest BCUT2D eigenvalue weighted by Gasteiger charge is 2.11. The fourth-order valence-corrected chi connectivity index (χ4v) is 2.95. The van der Waals surface area contributed by atoms with Crippen LogP contribution >= 0.6 is 0 Å². The second-order valence-corrected chi connectivity index (χ2v) is 6.72. The van der Waals surface area contributed by atoms with Crippen molar-refractivity contribution < 1.29 is 19.8 Å². The van der Waals surface area contributed by atoms with Crippen LogP contribution in [0.4, 0.5) is 5.69 Å². The van der Waals surface area contributed by atoms with E-state index in [0.717, 1.165) is 28.2 Å². The van der Waals surface area contributed by atoms with Gasteiger partial charge >= 0.3 is 5.97 Å². The van der Waals surface area contributed by atoms with Crippen LogP contribution in [0.1, 0.15) is 12.0 Å². The van der Waals surface area contributed by atoms with Crippen molar-refractivity contribution in [2.24, 2.45) is 4.99 Å². The molecule has 0 aliphatic rings. The van der Waals surface area contributed by atoms with Crippen LogP contribution in [0.2, 0.25) is 0 Å². The number of aliphatic carboxylic acids is 1. The monoisotopic (exact) mass is 407 g/mol. The van der Waals surface area contributed by atoms with Crippen LogP contribution in [-0.2, 0) is 11.3 Å². The van der Waals surface area contributed by atoms with Gasteiger partial charge in [-0.15, -0.1) is 0 Å². The highest BCUT2D eigenvalue weighted by atomic mass is 16.5. The van der Waals surface area contributed by atoms with Gasteiger partial charge in [-0.1, -0.05) is 36.4 Å². The van der Waals surface area contributed by atoms with Gasteiger partial charge in [-0.05, 0) is 42.0 Å². The summed E-state index contributed by atoms with van der Waals surface area (Å²) in [5, 5.41) is 18.8. The number of carboxylic acids is 1. The third-order valence-electron chi connectivity index (χ3n) is 4.41. The number of ether oxygens (including phenoxy) is 1. The van der Waals surface area contributed by atoms with Gasteiger partial charge in [0.05, 0.1) is 6.61 Å². The number of rotatable bonds is 10. The van der Waals surface area contributed by atoms with Gasteiger partial charge in [0.2, 0.25) is 0 Å². The van der Waals surface area contributed by atoms with Crippen LogP contribution < -0.4 is 15.1 Å². The van der Waals surface area contributed by atoms with Gasteiger partial charge in [-0.2, -0.15) is 4.73 Å². The molecule has 7 nitrogen and oxygen atoms in total. The molecule has 0 saturated heterocycles. The Hall–Kier alpha value is -3.74. The fraction of sp³-hybridized carbons (Fsp3) is 0.217. The number of carboxylic acid groups (broad SMARTS) is 1. The molecule has 0 amide bonds. The molecule has 0 saturated carbocycles. The van der Waals surface area contributed by atoms with E-state index >= 15 is 0 Å². The van der Waals surface area contributed by atoms with Crippen molar-refractivity contribution in [3.05, 3.63) is 90.0 Å². The summed E-state index contributed by atoms with van der Waals surface area (Å²) in [6, 6.07) is 22.4. The Bertz CT molecular complexity index is 1000.